The standard InChI is InChI=1S/C14H17FN2O3/c1-4-11-13(18)16-8(2)14(19)17(11)9-5-6-12(20-3)10(15)7-9/h5-8,11H,4H2,1-3H3,(H,16,18). The van der Waals surface area contributed by atoms with Gasteiger partial charge in [-0.15, -0.1) is 0 Å². The Bertz CT molecular complexity index is 547. The minimum atomic E-state index is -0.619. The Labute approximate surface area is 116 Å². The van der Waals surface area contributed by atoms with Crippen LogP contribution in [0.3, 0.4) is 0 Å². The Kier molecular flexibility index (Phi) is 3.92. The van der Waals surface area contributed by atoms with Gasteiger partial charge in [-0.05, 0) is 25.5 Å². The predicted octanol–water partition coefficient (Wildman–Crippen LogP) is 1.46. The second kappa shape index (κ2) is 5.48. The van der Waals surface area contributed by atoms with Crippen LogP contribution in [-0.2, 0) is 9.59 Å². The van der Waals surface area contributed by atoms with Crippen molar-refractivity contribution in [1.29, 1.82) is 0 Å². The number of carbonyl (C=O) groups is 2. The van der Waals surface area contributed by atoms with E-state index in [4.69, 9.17) is 4.74 Å². The zero-order chi connectivity index (χ0) is 14.9. The van der Waals surface area contributed by atoms with Crippen LogP contribution >= 0.6 is 0 Å². The molecule has 0 spiro atoms. The first kappa shape index (κ1) is 14.3. The zero-order valence-electron chi connectivity index (χ0n) is 11.6. The topological polar surface area (TPSA) is 58.6 Å². The number of carbonyl (C=O) groups excluding carboxylic acids is 2. The van der Waals surface area contributed by atoms with Crippen LogP contribution in [0.4, 0.5) is 10.1 Å². The number of hydrogen-bond acceptors (Lipinski definition) is 3. The molecule has 0 saturated carbocycles. The summed E-state index contributed by atoms with van der Waals surface area (Å²) in [6, 6.07) is 3.00. The van der Waals surface area contributed by atoms with Crippen molar-refractivity contribution < 1.29 is 18.7 Å². The molecule has 0 bridgehead atoms. The van der Waals surface area contributed by atoms with E-state index in [2.05, 4.69) is 5.32 Å². The highest BCUT2D eigenvalue weighted by molar-refractivity contribution is 6.08. The number of ether oxygens (including phenoxy) is 1. The molecule has 1 aromatic carbocycles. The third-order valence-electron chi connectivity index (χ3n) is 3.38. The highest BCUT2D eigenvalue weighted by atomic mass is 19.1. The molecule has 1 heterocycles. The lowest BCUT2D eigenvalue weighted by molar-refractivity contribution is -0.133. The number of benzene rings is 1. The largest absolute Gasteiger partial charge is 0.494 e. The zero-order valence-corrected chi connectivity index (χ0v) is 11.6. The molecule has 6 heteroatoms. The van der Waals surface area contributed by atoms with E-state index in [9.17, 15) is 14.0 Å². The number of hydrogen-bond donors (Lipinski definition) is 1. The smallest absolute Gasteiger partial charge is 0.250 e. The quantitative estimate of drug-likeness (QED) is 0.912. The average molecular weight is 280 g/mol. The van der Waals surface area contributed by atoms with Crippen molar-refractivity contribution in [2.24, 2.45) is 0 Å². The SMILES string of the molecule is CCC1C(=O)NC(C)C(=O)N1c1ccc(OC)c(F)c1. The van der Waals surface area contributed by atoms with Gasteiger partial charge in [-0.3, -0.25) is 14.5 Å². The summed E-state index contributed by atoms with van der Waals surface area (Å²) in [5.74, 6) is -0.938. The van der Waals surface area contributed by atoms with Crippen molar-refractivity contribution in [3.05, 3.63) is 24.0 Å². The normalized spacial score (nSPS) is 22.7. The van der Waals surface area contributed by atoms with E-state index in [-0.39, 0.29) is 17.6 Å². The highest BCUT2D eigenvalue weighted by Crippen LogP contribution is 2.27. The molecule has 1 saturated heterocycles. The van der Waals surface area contributed by atoms with Crippen molar-refractivity contribution >= 4 is 17.5 Å². The number of anilines is 1. The summed E-state index contributed by atoms with van der Waals surface area (Å²) in [7, 11) is 1.37. The number of piperazine rings is 1. The number of nitrogens with one attached hydrogen (secondary N) is 1. The van der Waals surface area contributed by atoms with E-state index in [1.807, 2.05) is 0 Å². The maximum Gasteiger partial charge on any atom is 0.250 e. The summed E-state index contributed by atoms with van der Waals surface area (Å²) in [6.45, 7) is 3.42. The molecule has 0 radical (unpaired) electrons. The Morgan fingerprint density at radius 2 is 2.10 bits per heavy atom. The van der Waals surface area contributed by atoms with E-state index < -0.39 is 17.9 Å². The summed E-state index contributed by atoms with van der Waals surface area (Å²) in [5, 5.41) is 2.62. The van der Waals surface area contributed by atoms with Crippen molar-refractivity contribution in [2.75, 3.05) is 12.0 Å². The molecule has 5 nitrogen and oxygen atoms in total. The molecule has 1 aliphatic heterocycles. The number of rotatable bonds is 3. The Hall–Kier alpha value is -2.11. The molecule has 1 aliphatic rings. The van der Waals surface area contributed by atoms with Gasteiger partial charge in [0.15, 0.2) is 11.6 Å². The second-order valence-electron chi connectivity index (χ2n) is 4.68. The molecule has 1 fully saturated rings. The minimum Gasteiger partial charge on any atom is -0.494 e. The first-order valence-electron chi connectivity index (χ1n) is 6.46. The van der Waals surface area contributed by atoms with Gasteiger partial charge in [-0.25, -0.2) is 4.39 Å². The lowest BCUT2D eigenvalue weighted by Crippen LogP contribution is -2.62. The van der Waals surface area contributed by atoms with Gasteiger partial charge in [-0.2, -0.15) is 0 Å². The van der Waals surface area contributed by atoms with E-state index >= 15 is 0 Å². The number of halogens is 1. The van der Waals surface area contributed by atoms with Crippen LogP contribution < -0.4 is 15.0 Å². The molecule has 20 heavy (non-hydrogen) atoms. The molecule has 1 N–H and O–H groups in total. The third kappa shape index (κ3) is 2.33. The Balaban J connectivity index is 2.43. The van der Waals surface area contributed by atoms with Crippen molar-refractivity contribution in [3.63, 3.8) is 0 Å². The second-order valence-corrected chi connectivity index (χ2v) is 4.68. The highest BCUT2D eigenvalue weighted by Gasteiger charge is 2.38. The summed E-state index contributed by atoms with van der Waals surface area (Å²) in [4.78, 5) is 25.6. The number of methoxy groups -OCH3 is 1. The van der Waals surface area contributed by atoms with Gasteiger partial charge in [0, 0.05) is 11.8 Å². The number of nitrogens with zero attached hydrogens (tertiary/aromatic N) is 1. The molecule has 2 amide bonds. The van der Waals surface area contributed by atoms with Crippen LogP contribution in [0.1, 0.15) is 20.3 Å². The third-order valence-corrected chi connectivity index (χ3v) is 3.38. The summed E-state index contributed by atoms with van der Waals surface area (Å²) in [6.07, 6.45) is 0.456. The molecule has 0 aliphatic carbocycles. The molecular weight excluding hydrogens is 263 g/mol. The van der Waals surface area contributed by atoms with Crippen LogP contribution in [-0.4, -0.2) is 31.0 Å². The fourth-order valence-corrected chi connectivity index (χ4v) is 2.33. The Morgan fingerprint density at radius 1 is 1.40 bits per heavy atom. The monoisotopic (exact) mass is 280 g/mol. The summed E-state index contributed by atoms with van der Waals surface area (Å²) in [5.41, 5.74) is 0.363. The van der Waals surface area contributed by atoms with Crippen LogP contribution in [0.5, 0.6) is 5.75 Å². The first-order chi connectivity index (χ1) is 9.49. The van der Waals surface area contributed by atoms with Crippen LogP contribution in [0.15, 0.2) is 18.2 Å². The van der Waals surface area contributed by atoms with Crippen LogP contribution in [0.25, 0.3) is 0 Å². The minimum absolute atomic E-state index is 0.101. The van der Waals surface area contributed by atoms with Gasteiger partial charge >= 0.3 is 0 Å². The predicted molar refractivity (Wildman–Crippen MR) is 72.1 cm³/mol. The molecule has 2 rings (SSSR count). The average Bonchev–Trinajstić information content (AvgIpc) is 2.42. The summed E-state index contributed by atoms with van der Waals surface area (Å²) >= 11 is 0. The fraction of sp³-hybridized carbons (Fsp3) is 0.429. The van der Waals surface area contributed by atoms with E-state index in [1.165, 1.54) is 24.1 Å². The molecule has 108 valence electrons. The van der Waals surface area contributed by atoms with E-state index in [0.29, 0.717) is 12.1 Å². The van der Waals surface area contributed by atoms with Gasteiger partial charge in [0.05, 0.1) is 7.11 Å². The molecule has 0 aromatic heterocycles. The van der Waals surface area contributed by atoms with Crippen LogP contribution in [0, 0.1) is 5.82 Å². The molecule has 1 aromatic rings. The molecule has 2 atom stereocenters. The summed E-state index contributed by atoms with van der Waals surface area (Å²) < 4.78 is 18.6. The van der Waals surface area contributed by atoms with E-state index in [1.54, 1.807) is 19.9 Å². The molecular formula is C14H17FN2O3. The lowest BCUT2D eigenvalue weighted by atomic mass is 10.0. The van der Waals surface area contributed by atoms with Gasteiger partial charge in [0.25, 0.3) is 0 Å². The van der Waals surface area contributed by atoms with Crippen molar-refractivity contribution in [3.8, 4) is 5.75 Å². The Morgan fingerprint density at radius 3 is 2.65 bits per heavy atom. The van der Waals surface area contributed by atoms with E-state index in [0.717, 1.165) is 0 Å². The van der Waals surface area contributed by atoms with Crippen molar-refractivity contribution in [2.45, 2.75) is 32.4 Å². The molecule has 2 unspecified atom stereocenters. The first-order valence-corrected chi connectivity index (χ1v) is 6.46. The van der Waals surface area contributed by atoms with Gasteiger partial charge in [0.2, 0.25) is 11.8 Å². The van der Waals surface area contributed by atoms with Crippen molar-refractivity contribution in [1.82, 2.24) is 5.32 Å². The maximum absolute atomic E-state index is 13.8. The van der Waals surface area contributed by atoms with Gasteiger partial charge in [-0.1, -0.05) is 6.92 Å². The fourth-order valence-electron chi connectivity index (χ4n) is 2.33. The van der Waals surface area contributed by atoms with Gasteiger partial charge in [0.1, 0.15) is 12.1 Å². The number of amides is 2. The van der Waals surface area contributed by atoms with Gasteiger partial charge < -0.3 is 10.1 Å². The maximum atomic E-state index is 13.8. The van der Waals surface area contributed by atoms with Crippen LogP contribution in [0.2, 0.25) is 0 Å². The lowest BCUT2D eigenvalue weighted by Gasteiger charge is -2.37.